The molecule has 0 aliphatic carbocycles. The summed E-state index contributed by atoms with van der Waals surface area (Å²) in [5.74, 6) is 0. The Morgan fingerprint density at radius 2 is 0.707 bits per heavy atom. The van der Waals surface area contributed by atoms with E-state index < -0.39 is 0 Å². The molecule has 0 N–H and O–H groups in total. The molecule has 2 atom stereocenters. The van der Waals surface area contributed by atoms with Crippen LogP contribution in [0.4, 0.5) is 0 Å². The molecule has 41 heavy (non-hydrogen) atoms. The van der Waals surface area contributed by atoms with E-state index in [2.05, 4.69) is 56.2 Å². The summed E-state index contributed by atoms with van der Waals surface area (Å²) in [5.41, 5.74) is 0. The second-order valence-electron chi connectivity index (χ2n) is 11.3. The lowest BCUT2D eigenvalue weighted by atomic mass is 10.1. The Morgan fingerprint density at radius 3 is 1.02 bits per heavy atom. The molecule has 0 radical (unpaired) electrons. The molecular weight excluding hydrogens is 640 g/mol. The van der Waals surface area contributed by atoms with Crippen LogP contribution in [0, 0.1) is 0 Å². The van der Waals surface area contributed by atoms with Crippen LogP contribution < -0.4 is 0 Å². The quantitative estimate of drug-likeness (QED) is 0.0288. The molecule has 0 aliphatic rings. The van der Waals surface area contributed by atoms with Gasteiger partial charge in [-0.15, -0.1) is 0 Å². The third-order valence-electron chi connectivity index (χ3n) is 7.49. The van der Waals surface area contributed by atoms with E-state index in [4.69, 9.17) is 14.2 Å². The second kappa shape index (κ2) is 36.5. The van der Waals surface area contributed by atoms with Gasteiger partial charge in [-0.25, -0.2) is 0 Å². The van der Waals surface area contributed by atoms with Gasteiger partial charge < -0.3 is 14.2 Å². The smallest absolute Gasteiger partial charge is 0.161 e. The molecule has 0 amide bonds. The molecule has 2 unspecified atom stereocenters. The van der Waals surface area contributed by atoms with Gasteiger partial charge in [0.25, 0.3) is 0 Å². The minimum Gasteiger partial charge on any atom is -0.353 e. The van der Waals surface area contributed by atoms with E-state index in [1.165, 1.54) is 128 Å². The molecule has 0 aliphatic heterocycles. The van der Waals surface area contributed by atoms with E-state index in [1.807, 2.05) is 13.8 Å². The fourth-order valence-electron chi connectivity index (χ4n) is 5.05. The third kappa shape index (κ3) is 33.1. The number of alkyl halides is 2. The molecule has 244 valence electrons. The lowest BCUT2D eigenvalue weighted by Crippen LogP contribution is -2.27. The number of halogens is 2. The maximum Gasteiger partial charge on any atom is 0.161 e. The van der Waals surface area contributed by atoms with Crippen LogP contribution in [-0.2, 0) is 14.2 Å². The minimum absolute atomic E-state index is 0.191. The average molecular weight is 709 g/mol. The first-order valence-electron chi connectivity index (χ1n) is 17.6. The summed E-state index contributed by atoms with van der Waals surface area (Å²) in [6, 6.07) is 0. The zero-order valence-electron chi connectivity index (χ0n) is 27.2. The predicted octanol–water partition coefficient (Wildman–Crippen LogP) is 13.0. The van der Waals surface area contributed by atoms with Gasteiger partial charge in [0.05, 0.1) is 0 Å². The van der Waals surface area contributed by atoms with Crippen molar-refractivity contribution < 1.29 is 14.2 Å². The number of hydrogen-bond acceptors (Lipinski definition) is 3. The van der Waals surface area contributed by atoms with Gasteiger partial charge in [0.2, 0.25) is 0 Å². The monoisotopic (exact) mass is 706 g/mol. The van der Waals surface area contributed by atoms with Gasteiger partial charge in [-0.3, -0.25) is 0 Å². The van der Waals surface area contributed by atoms with Crippen LogP contribution in [0.2, 0.25) is 0 Å². The molecule has 3 nitrogen and oxygen atoms in total. The van der Waals surface area contributed by atoms with Crippen LogP contribution in [0.5, 0.6) is 0 Å². The van der Waals surface area contributed by atoms with Crippen LogP contribution in [-0.4, -0.2) is 36.5 Å². The molecule has 0 rings (SSSR count). The Balaban J connectivity index is 3.89. The molecule has 0 aromatic heterocycles. The van der Waals surface area contributed by atoms with Crippen LogP contribution in [0.3, 0.4) is 0 Å². The number of hydrogen-bond donors (Lipinski definition) is 0. The van der Waals surface area contributed by atoms with E-state index in [0.29, 0.717) is 13.2 Å². The molecule has 0 aromatic carbocycles. The average Bonchev–Trinajstić information content (AvgIpc) is 2.97. The molecule has 0 aromatic rings. The van der Waals surface area contributed by atoms with Crippen molar-refractivity contribution in [1.29, 1.82) is 0 Å². The summed E-state index contributed by atoms with van der Waals surface area (Å²) in [6.45, 7) is 5.42. The van der Waals surface area contributed by atoms with E-state index in [0.717, 1.165) is 36.3 Å². The molecule has 5 heteroatoms. The number of rotatable bonds is 34. The minimum atomic E-state index is -0.191. The number of ether oxygens (including phenoxy) is 3. The van der Waals surface area contributed by atoms with E-state index >= 15 is 0 Å². The largest absolute Gasteiger partial charge is 0.353 e. The Kier molecular flexibility index (Phi) is 36.8. The fraction of sp³-hybridized carbons (Fsp3) is 0.889. The fourth-order valence-corrected chi connectivity index (χ4v) is 5.84. The van der Waals surface area contributed by atoms with Gasteiger partial charge in [-0.1, -0.05) is 146 Å². The van der Waals surface area contributed by atoms with E-state index in [9.17, 15) is 0 Å². The Hall–Kier alpha value is 0.320. The van der Waals surface area contributed by atoms with Gasteiger partial charge in [0.15, 0.2) is 12.6 Å². The zero-order valence-corrected chi connectivity index (χ0v) is 30.4. The van der Waals surface area contributed by atoms with Crippen molar-refractivity contribution in [3.63, 3.8) is 0 Å². The van der Waals surface area contributed by atoms with E-state index in [-0.39, 0.29) is 12.6 Å². The highest BCUT2D eigenvalue weighted by Crippen LogP contribution is 2.16. The molecule has 0 saturated carbocycles. The van der Waals surface area contributed by atoms with Crippen LogP contribution in [0.25, 0.3) is 0 Å². The summed E-state index contributed by atoms with van der Waals surface area (Å²) in [7, 11) is 0. The standard InChI is InChI=1S/C36H68Br2O3/c1-3-39-35(31-27-23-19-15-11-7-5-9-13-17-21-25-29-33-37)41-36(40-4-2)32-28-24-20-16-12-8-6-10-14-18-22-26-30-34-38/h19-20,23-24,35-36H,3-18,21-22,25-34H2,1-2H3. The van der Waals surface area contributed by atoms with Crippen molar-refractivity contribution in [2.24, 2.45) is 0 Å². The van der Waals surface area contributed by atoms with Crippen LogP contribution in [0.1, 0.15) is 168 Å². The predicted molar refractivity (Wildman–Crippen MR) is 189 cm³/mol. The zero-order chi connectivity index (χ0) is 29.9. The molecule has 0 fully saturated rings. The van der Waals surface area contributed by atoms with Crippen molar-refractivity contribution in [3.05, 3.63) is 24.3 Å². The molecule has 0 bridgehead atoms. The maximum absolute atomic E-state index is 6.24. The highest BCUT2D eigenvalue weighted by Gasteiger charge is 2.16. The van der Waals surface area contributed by atoms with Crippen molar-refractivity contribution in [3.8, 4) is 0 Å². The first kappa shape index (κ1) is 41.3. The van der Waals surface area contributed by atoms with Gasteiger partial charge in [0.1, 0.15) is 0 Å². The van der Waals surface area contributed by atoms with Gasteiger partial charge in [-0.05, 0) is 65.2 Å². The lowest BCUT2D eigenvalue weighted by Gasteiger charge is -2.24. The number of unbranched alkanes of at least 4 members (excludes halogenated alkanes) is 18. The summed E-state index contributed by atoms with van der Waals surface area (Å²) in [5, 5.41) is 2.31. The summed E-state index contributed by atoms with van der Waals surface area (Å²) in [4.78, 5) is 0. The van der Waals surface area contributed by atoms with Crippen molar-refractivity contribution in [1.82, 2.24) is 0 Å². The highest BCUT2D eigenvalue weighted by molar-refractivity contribution is 9.09. The molecule has 0 saturated heterocycles. The van der Waals surface area contributed by atoms with Crippen LogP contribution >= 0.6 is 31.9 Å². The molecular formula is C36H68Br2O3. The first-order chi connectivity index (χ1) is 20.3. The van der Waals surface area contributed by atoms with Gasteiger partial charge in [-0.2, -0.15) is 0 Å². The Morgan fingerprint density at radius 1 is 0.415 bits per heavy atom. The van der Waals surface area contributed by atoms with Crippen LogP contribution in [0.15, 0.2) is 24.3 Å². The topological polar surface area (TPSA) is 27.7 Å². The first-order valence-corrected chi connectivity index (χ1v) is 19.8. The summed E-state index contributed by atoms with van der Waals surface area (Å²) < 4.78 is 18.0. The van der Waals surface area contributed by atoms with Gasteiger partial charge >= 0.3 is 0 Å². The normalized spacial score (nSPS) is 13.6. The summed E-state index contributed by atoms with van der Waals surface area (Å²) in [6.07, 6.45) is 39.9. The maximum atomic E-state index is 6.24. The number of allylic oxidation sites excluding steroid dienone is 4. The summed E-state index contributed by atoms with van der Waals surface area (Å²) >= 11 is 7.03. The SMILES string of the molecule is CCOC(CCC=CCCCCCCCCCCCBr)OC(CCC=CCCCCCCCCCCCBr)OCC. The van der Waals surface area contributed by atoms with Gasteiger partial charge in [0, 0.05) is 36.7 Å². The van der Waals surface area contributed by atoms with Crippen molar-refractivity contribution in [2.45, 2.75) is 181 Å². The molecule has 0 heterocycles. The van der Waals surface area contributed by atoms with Crippen molar-refractivity contribution >= 4 is 31.9 Å². The third-order valence-corrected chi connectivity index (χ3v) is 8.61. The van der Waals surface area contributed by atoms with Crippen molar-refractivity contribution in [2.75, 3.05) is 23.9 Å². The Labute approximate surface area is 273 Å². The van der Waals surface area contributed by atoms with E-state index in [1.54, 1.807) is 0 Å². The highest BCUT2D eigenvalue weighted by atomic mass is 79.9. The molecule has 0 spiro atoms. The lowest BCUT2D eigenvalue weighted by molar-refractivity contribution is -0.246. The second-order valence-corrected chi connectivity index (χ2v) is 12.9. The Bertz CT molecular complexity index is 495.